The van der Waals surface area contributed by atoms with Crippen molar-refractivity contribution in [1.82, 2.24) is 4.31 Å². The molecule has 1 amide bonds. The Morgan fingerprint density at radius 2 is 1.78 bits per heavy atom. The van der Waals surface area contributed by atoms with Gasteiger partial charge in [0.05, 0.1) is 17.7 Å². The lowest BCUT2D eigenvalue weighted by atomic mass is 10.1. The summed E-state index contributed by atoms with van der Waals surface area (Å²) in [6, 6.07) is 10.2. The summed E-state index contributed by atoms with van der Waals surface area (Å²) in [5.41, 5.74) is 2.53. The van der Waals surface area contributed by atoms with E-state index in [0.29, 0.717) is 36.7 Å². The Kier molecular flexibility index (Phi) is 7.79. The number of rotatable bonds is 8. The smallest absolute Gasteiger partial charge is 0.265 e. The molecule has 7 nitrogen and oxygen atoms in total. The van der Waals surface area contributed by atoms with Crippen LogP contribution in [-0.2, 0) is 14.8 Å². The number of nitrogens with one attached hydrogen (secondary N) is 1. The van der Waals surface area contributed by atoms with Crippen molar-refractivity contribution in [3.8, 4) is 11.5 Å². The second-order valence-electron chi connectivity index (χ2n) is 8.08. The third-order valence-electron chi connectivity index (χ3n) is 5.80. The van der Waals surface area contributed by atoms with Gasteiger partial charge in [0.15, 0.2) is 6.10 Å². The molecule has 1 aliphatic rings. The largest absolute Gasteiger partial charge is 0.495 e. The van der Waals surface area contributed by atoms with E-state index in [1.165, 1.54) is 23.5 Å². The van der Waals surface area contributed by atoms with E-state index in [1.807, 2.05) is 39.0 Å². The highest BCUT2D eigenvalue weighted by atomic mass is 32.2. The lowest BCUT2D eigenvalue weighted by Crippen LogP contribution is -2.35. The summed E-state index contributed by atoms with van der Waals surface area (Å²) in [6.07, 6.45) is 2.46. The number of amides is 1. The minimum atomic E-state index is -3.63. The number of benzene rings is 2. The number of carbonyl (C=O) groups excluding carboxylic acids is 1. The number of hydrogen-bond donors (Lipinski definition) is 1. The molecule has 1 atom stereocenters. The molecule has 1 saturated heterocycles. The van der Waals surface area contributed by atoms with Gasteiger partial charge < -0.3 is 14.8 Å². The molecule has 2 aromatic rings. The number of sulfonamides is 1. The molecule has 1 N–H and O–H groups in total. The SMILES string of the molecule is CC[C@@H](Oc1ccc(C)c(C)c1)C(=O)Nc1cc(S(=O)(=O)N2CCCCC2)ccc1OC. The second-order valence-corrected chi connectivity index (χ2v) is 10.0. The zero-order valence-corrected chi connectivity index (χ0v) is 20.0. The fraction of sp³-hybridized carbons (Fsp3) is 0.458. The third kappa shape index (κ3) is 5.42. The number of aryl methyl sites for hydroxylation is 2. The van der Waals surface area contributed by atoms with Crippen LogP contribution in [0.25, 0.3) is 0 Å². The van der Waals surface area contributed by atoms with Gasteiger partial charge in [-0.15, -0.1) is 0 Å². The molecule has 0 saturated carbocycles. The number of methoxy groups -OCH3 is 1. The van der Waals surface area contributed by atoms with Crippen molar-refractivity contribution in [3.63, 3.8) is 0 Å². The summed E-state index contributed by atoms with van der Waals surface area (Å²) in [5.74, 6) is 0.636. The second kappa shape index (κ2) is 10.4. The fourth-order valence-corrected chi connectivity index (χ4v) is 5.23. The Labute approximate surface area is 190 Å². The molecule has 32 heavy (non-hydrogen) atoms. The van der Waals surface area contributed by atoms with E-state index in [4.69, 9.17) is 9.47 Å². The number of nitrogens with zero attached hydrogens (tertiary/aromatic N) is 1. The predicted molar refractivity (Wildman–Crippen MR) is 125 cm³/mol. The summed E-state index contributed by atoms with van der Waals surface area (Å²) in [4.78, 5) is 13.1. The number of ether oxygens (including phenoxy) is 2. The minimum Gasteiger partial charge on any atom is -0.495 e. The van der Waals surface area contributed by atoms with Gasteiger partial charge in [0, 0.05) is 13.1 Å². The van der Waals surface area contributed by atoms with Crippen LogP contribution in [0.4, 0.5) is 5.69 Å². The van der Waals surface area contributed by atoms with Crippen LogP contribution in [0.15, 0.2) is 41.3 Å². The van der Waals surface area contributed by atoms with Crippen molar-refractivity contribution in [3.05, 3.63) is 47.5 Å². The first-order valence-corrected chi connectivity index (χ1v) is 12.4. The monoisotopic (exact) mass is 460 g/mol. The van der Waals surface area contributed by atoms with Crippen LogP contribution in [-0.4, -0.2) is 44.9 Å². The van der Waals surface area contributed by atoms with Crippen LogP contribution in [0, 0.1) is 13.8 Å². The van der Waals surface area contributed by atoms with E-state index in [-0.39, 0.29) is 10.8 Å². The molecule has 8 heteroatoms. The van der Waals surface area contributed by atoms with E-state index < -0.39 is 16.1 Å². The first-order valence-electron chi connectivity index (χ1n) is 11.0. The number of piperidine rings is 1. The lowest BCUT2D eigenvalue weighted by molar-refractivity contribution is -0.122. The summed E-state index contributed by atoms with van der Waals surface area (Å²) in [5, 5.41) is 2.80. The van der Waals surface area contributed by atoms with Crippen LogP contribution >= 0.6 is 0 Å². The van der Waals surface area contributed by atoms with Crippen molar-refractivity contribution >= 4 is 21.6 Å². The molecule has 0 radical (unpaired) electrons. The highest BCUT2D eigenvalue weighted by molar-refractivity contribution is 7.89. The molecule has 3 rings (SSSR count). The Morgan fingerprint density at radius 3 is 2.41 bits per heavy atom. The van der Waals surface area contributed by atoms with Crippen molar-refractivity contribution in [2.24, 2.45) is 0 Å². The van der Waals surface area contributed by atoms with E-state index in [1.54, 1.807) is 6.07 Å². The van der Waals surface area contributed by atoms with Gasteiger partial charge in [0.25, 0.3) is 5.91 Å². The van der Waals surface area contributed by atoms with Crippen LogP contribution in [0.1, 0.15) is 43.7 Å². The fourth-order valence-electron chi connectivity index (χ4n) is 3.69. The molecule has 0 spiro atoms. The van der Waals surface area contributed by atoms with Gasteiger partial charge in [0.2, 0.25) is 10.0 Å². The predicted octanol–water partition coefficient (Wildman–Crippen LogP) is 4.28. The highest BCUT2D eigenvalue weighted by Gasteiger charge is 2.27. The van der Waals surface area contributed by atoms with Crippen molar-refractivity contribution in [1.29, 1.82) is 0 Å². The highest BCUT2D eigenvalue weighted by Crippen LogP contribution is 2.30. The van der Waals surface area contributed by atoms with Crippen LogP contribution in [0.5, 0.6) is 11.5 Å². The zero-order valence-electron chi connectivity index (χ0n) is 19.2. The Morgan fingerprint density at radius 1 is 1.06 bits per heavy atom. The van der Waals surface area contributed by atoms with Gasteiger partial charge in [-0.3, -0.25) is 4.79 Å². The lowest BCUT2D eigenvalue weighted by Gasteiger charge is -2.26. The number of carbonyl (C=O) groups is 1. The molecule has 1 heterocycles. The van der Waals surface area contributed by atoms with Crippen LogP contribution < -0.4 is 14.8 Å². The molecule has 2 aromatic carbocycles. The Balaban J connectivity index is 1.81. The molecule has 0 aliphatic carbocycles. The molecular weight excluding hydrogens is 428 g/mol. The maximum Gasteiger partial charge on any atom is 0.265 e. The molecule has 174 valence electrons. The van der Waals surface area contributed by atoms with E-state index in [0.717, 1.165) is 30.4 Å². The van der Waals surface area contributed by atoms with Gasteiger partial charge in [-0.2, -0.15) is 4.31 Å². The molecule has 0 unspecified atom stereocenters. The van der Waals surface area contributed by atoms with E-state index >= 15 is 0 Å². The van der Waals surface area contributed by atoms with Gasteiger partial charge >= 0.3 is 0 Å². The maximum absolute atomic E-state index is 13.1. The molecule has 1 aliphatic heterocycles. The van der Waals surface area contributed by atoms with E-state index in [9.17, 15) is 13.2 Å². The van der Waals surface area contributed by atoms with Crippen LogP contribution in [0.2, 0.25) is 0 Å². The molecule has 0 aromatic heterocycles. The Hall–Kier alpha value is -2.58. The summed E-state index contributed by atoms with van der Waals surface area (Å²) in [6.45, 7) is 6.89. The van der Waals surface area contributed by atoms with Gasteiger partial charge in [-0.25, -0.2) is 8.42 Å². The maximum atomic E-state index is 13.1. The average molecular weight is 461 g/mol. The van der Waals surface area contributed by atoms with Crippen LogP contribution in [0.3, 0.4) is 0 Å². The first-order chi connectivity index (χ1) is 15.3. The van der Waals surface area contributed by atoms with Gasteiger partial charge in [-0.05, 0) is 74.6 Å². The summed E-state index contributed by atoms with van der Waals surface area (Å²) >= 11 is 0. The summed E-state index contributed by atoms with van der Waals surface area (Å²) < 4.78 is 38.9. The number of anilines is 1. The molecule has 1 fully saturated rings. The van der Waals surface area contributed by atoms with Crippen molar-refractivity contribution < 1.29 is 22.7 Å². The zero-order chi connectivity index (χ0) is 23.3. The normalized spacial score (nSPS) is 15.8. The van der Waals surface area contributed by atoms with E-state index in [2.05, 4.69) is 5.32 Å². The average Bonchev–Trinajstić information content (AvgIpc) is 2.80. The van der Waals surface area contributed by atoms with Crippen molar-refractivity contribution in [2.45, 2.75) is 57.5 Å². The minimum absolute atomic E-state index is 0.138. The molecular formula is C24H32N2O5S. The molecule has 0 bridgehead atoms. The topological polar surface area (TPSA) is 84.9 Å². The quantitative estimate of drug-likeness (QED) is 0.635. The first kappa shape index (κ1) is 24.1. The van der Waals surface area contributed by atoms with Crippen molar-refractivity contribution in [2.75, 3.05) is 25.5 Å². The third-order valence-corrected chi connectivity index (χ3v) is 7.70. The standard InChI is InChI=1S/C24H32N2O5S/c1-5-22(31-19-10-9-17(2)18(3)15-19)24(27)25-21-16-20(11-12-23(21)30-4)32(28,29)26-13-7-6-8-14-26/h9-12,15-16,22H,5-8,13-14H2,1-4H3,(H,25,27)/t22-/m1/s1. The van der Waals surface area contributed by atoms with Gasteiger partial charge in [-0.1, -0.05) is 19.4 Å². The summed E-state index contributed by atoms with van der Waals surface area (Å²) in [7, 11) is -2.15. The number of hydrogen-bond acceptors (Lipinski definition) is 5. The Bertz CT molecular complexity index is 1060. The van der Waals surface area contributed by atoms with Gasteiger partial charge in [0.1, 0.15) is 11.5 Å².